The maximum atomic E-state index is 12.2. The fourth-order valence-corrected chi connectivity index (χ4v) is 2.32. The van der Waals surface area contributed by atoms with Gasteiger partial charge >= 0.3 is 5.97 Å². The topological polar surface area (TPSA) is 137 Å². The molecule has 0 aromatic heterocycles. The summed E-state index contributed by atoms with van der Waals surface area (Å²) in [6.07, 6.45) is 0. The third-order valence-corrected chi connectivity index (χ3v) is 3.79. The second-order valence-electron chi connectivity index (χ2n) is 5.83. The first kappa shape index (κ1) is 18.6. The fraction of sp³-hybridized carbons (Fsp3) is 0. The minimum Gasteiger partial charge on any atom is -0.507 e. The quantitative estimate of drug-likeness (QED) is 0.388. The Hall–Kier alpha value is -4.20. The minimum absolute atomic E-state index is 0.258. The van der Waals surface area contributed by atoms with Crippen LogP contribution < -0.4 is 11.1 Å². The highest BCUT2D eigenvalue weighted by atomic mass is 16.4. The van der Waals surface area contributed by atoms with E-state index in [1.54, 1.807) is 48.5 Å². The molecule has 140 valence electrons. The van der Waals surface area contributed by atoms with Crippen LogP contribution in [0.3, 0.4) is 0 Å². The van der Waals surface area contributed by atoms with Crippen LogP contribution in [0.15, 0.2) is 77.0 Å². The van der Waals surface area contributed by atoms with Crippen LogP contribution >= 0.6 is 0 Å². The first-order valence-corrected chi connectivity index (χ1v) is 8.17. The van der Waals surface area contributed by atoms with Gasteiger partial charge in [-0.3, -0.25) is 4.79 Å². The van der Waals surface area contributed by atoms with Gasteiger partial charge in [-0.15, -0.1) is 0 Å². The zero-order valence-electron chi connectivity index (χ0n) is 14.5. The molecular formula is C20H16N4O4. The highest BCUT2D eigenvalue weighted by Gasteiger charge is 2.10. The molecule has 0 saturated heterocycles. The normalized spacial score (nSPS) is 10.7. The summed E-state index contributed by atoms with van der Waals surface area (Å²) in [5, 5.41) is 29.2. The lowest BCUT2D eigenvalue weighted by Crippen LogP contribution is -2.11. The maximum Gasteiger partial charge on any atom is 0.339 e. The van der Waals surface area contributed by atoms with Crippen LogP contribution in [0.5, 0.6) is 5.75 Å². The van der Waals surface area contributed by atoms with Gasteiger partial charge in [0.1, 0.15) is 11.3 Å². The van der Waals surface area contributed by atoms with Gasteiger partial charge < -0.3 is 21.3 Å². The number of aromatic hydroxyl groups is 1. The summed E-state index contributed by atoms with van der Waals surface area (Å²) in [5.74, 6) is -1.88. The summed E-state index contributed by atoms with van der Waals surface area (Å²) in [7, 11) is 0. The molecule has 0 bridgehead atoms. The summed E-state index contributed by atoms with van der Waals surface area (Å²) in [4.78, 5) is 23.3. The second kappa shape index (κ2) is 8.00. The number of nitrogens with two attached hydrogens (primary N) is 1. The largest absolute Gasteiger partial charge is 0.507 e. The highest BCUT2D eigenvalue weighted by molar-refractivity contribution is 6.04. The average Bonchev–Trinajstić information content (AvgIpc) is 2.69. The molecule has 0 radical (unpaired) electrons. The fourth-order valence-electron chi connectivity index (χ4n) is 2.32. The first-order valence-electron chi connectivity index (χ1n) is 8.17. The van der Waals surface area contributed by atoms with Crippen molar-refractivity contribution in [2.75, 3.05) is 11.1 Å². The molecule has 8 heteroatoms. The number of aromatic carboxylic acids is 1. The number of carboxylic acid groups (broad SMARTS) is 1. The molecule has 5 N–H and O–H groups in total. The number of hydrogen-bond acceptors (Lipinski definition) is 6. The van der Waals surface area contributed by atoms with E-state index in [9.17, 15) is 14.7 Å². The average molecular weight is 376 g/mol. The van der Waals surface area contributed by atoms with Crippen molar-refractivity contribution in [3.05, 3.63) is 77.9 Å². The Morgan fingerprint density at radius 1 is 0.857 bits per heavy atom. The number of hydrogen-bond donors (Lipinski definition) is 4. The number of carbonyl (C=O) groups excluding carboxylic acids is 1. The zero-order chi connectivity index (χ0) is 20.1. The number of carbonyl (C=O) groups is 2. The molecule has 1 amide bonds. The summed E-state index contributed by atoms with van der Waals surface area (Å²) in [6, 6.07) is 17.1. The van der Waals surface area contributed by atoms with E-state index in [4.69, 9.17) is 10.8 Å². The van der Waals surface area contributed by atoms with Gasteiger partial charge in [0.15, 0.2) is 0 Å². The number of nitrogen functional groups attached to an aromatic ring is 1. The third kappa shape index (κ3) is 4.50. The van der Waals surface area contributed by atoms with Gasteiger partial charge in [0.25, 0.3) is 5.91 Å². The number of nitrogens with zero attached hydrogens (tertiary/aromatic N) is 2. The molecule has 0 aliphatic rings. The summed E-state index contributed by atoms with van der Waals surface area (Å²) >= 11 is 0. The van der Waals surface area contributed by atoms with Crippen molar-refractivity contribution < 1.29 is 19.8 Å². The Labute approximate surface area is 160 Å². The Morgan fingerprint density at radius 2 is 1.46 bits per heavy atom. The van der Waals surface area contributed by atoms with Gasteiger partial charge in [-0.25, -0.2) is 4.79 Å². The summed E-state index contributed by atoms with van der Waals surface area (Å²) in [6.45, 7) is 0. The number of carboxylic acids is 1. The Morgan fingerprint density at radius 3 is 2.11 bits per heavy atom. The van der Waals surface area contributed by atoms with Crippen LogP contribution in [0.4, 0.5) is 22.7 Å². The van der Waals surface area contributed by atoms with E-state index in [0.29, 0.717) is 22.6 Å². The molecule has 0 heterocycles. The molecule has 0 saturated carbocycles. The van der Waals surface area contributed by atoms with Crippen molar-refractivity contribution in [1.29, 1.82) is 0 Å². The second-order valence-corrected chi connectivity index (χ2v) is 5.83. The van der Waals surface area contributed by atoms with Crippen LogP contribution in [0, 0.1) is 0 Å². The number of nitrogens with one attached hydrogen (secondary N) is 1. The van der Waals surface area contributed by atoms with E-state index < -0.39 is 5.97 Å². The predicted molar refractivity (Wildman–Crippen MR) is 104 cm³/mol. The van der Waals surface area contributed by atoms with Gasteiger partial charge in [-0.05, 0) is 66.7 Å². The number of anilines is 2. The van der Waals surface area contributed by atoms with Crippen LogP contribution in [0.2, 0.25) is 0 Å². The minimum atomic E-state index is -1.26. The summed E-state index contributed by atoms with van der Waals surface area (Å²) in [5.41, 5.74) is 7.79. The van der Waals surface area contributed by atoms with E-state index in [2.05, 4.69) is 15.5 Å². The first-order chi connectivity index (χ1) is 13.4. The van der Waals surface area contributed by atoms with Crippen LogP contribution in [0.1, 0.15) is 20.7 Å². The van der Waals surface area contributed by atoms with Crippen molar-refractivity contribution in [1.82, 2.24) is 0 Å². The van der Waals surface area contributed by atoms with Gasteiger partial charge in [0.2, 0.25) is 0 Å². The van der Waals surface area contributed by atoms with E-state index in [1.165, 1.54) is 18.2 Å². The molecular weight excluding hydrogens is 360 g/mol. The lowest BCUT2D eigenvalue weighted by molar-refractivity contribution is 0.0693. The van der Waals surface area contributed by atoms with E-state index in [1.807, 2.05) is 0 Å². The molecule has 3 aromatic rings. The molecule has 3 rings (SSSR count). The Balaban J connectivity index is 1.69. The van der Waals surface area contributed by atoms with Crippen molar-refractivity contribution in [3.63, 3.8) is 0 Å². The van der Waals surface area contributed by atoms with E-state index in [-0.39, 0.29) is 22.9 Å². The number of rotatable bonds is 5. The molecule has 0 aliphatic carbocycles. The number of azo groups is 1. The van der Waals surface area contributed by atoms with Gasteiger partial charge in [0, 0.05) is 16.9 Å². The van der Waals surface area contributed by atoms with Crippen molar-refractivity contribution in [2.45, 2.75) is 0 Å². The Bertz CT molecular complexity index is 1040. The van der Waals surface area contributed by atoms with Gasteiger partial charge in [-0.2, -0.15) is 10.2 Å². The summed E-state index contributed by atoms with van der Waals surface area (Å²) < 4.78 is 0. The SMILES string of the molecule is Nc1ccc(NC(=O)c2ccc(N=Nc3ccc(O)c(C(=O)O)c3)cc2)cc1. The predicted octanol–water partition coefficient (Wildman–Crippen LogP) is 4.34. The molecule has 0 atom stereocenters. The number of phenols is 1. The number of benzene rings is 3. The Kier molecular flexibility index (Phi) is 5.31. The van der Waals surface area contributed by atoms with E-state index in [0.717, 1.165) is 0 Å². The van der Waals surface area contributed by atoms with Crippen molar-refractivity contribution in [2.24, 2.45) is 10.2 Å². The standard InChI is InChI=1S/C20H16N4O4/c21-13-3-7-14(8-4-13)22-19(26)12-1-5-15(6-2-12)23-24-16-9-10-18(25)17(11-16)20(27)28/h1-11,25H,21H2,(H,22,26)(H,27,28). The molecule has 3 aromatic carbocycles. The van der Waals surface area contributed by atoms with Crippen LogP contribution in [-0.4, -0.2) is 22.1 Å². The lowest BCUT2D eigenvalue weighted by Gasteiger charge is -2.05. The van der Waals surface area contributed by atoms with Gasteiger partial charge in [0.05, 0.1) is 11.4 Å². The van der Waals surface area contributed by atoms with E-state index >= 15 is 0 Å². The van der Waals surface area contributed by atoms with Crippen LogP contribution in [0.25, 0.3) is 0 Å². The molecule has 0 unspecified atom stereocenters. The molecule has 28 heavy (non-hydrogen) atoms. The maximum absolute atomic E-state index is 12.2. The number of amides is 1. The molecule has 0 spiro atoms. The van der Waals surface area contributed by atoms with Gasteiger partial charge in [-0.1, -0.05) is 0 Å². The van der Waals surface area contributed by atoms with Crippen molar-refractivity contribution in [3.8, 4) is 5.75 Å². The molecule has 0 fully saturated rings. The molecule has 8 nitrogen and oxygen atoms in total. The lowest BCUT2D eigenvalue weighted by atomic mass is 10.2. The van der Waals surface area contributed by atoms with Crippen molar-refractivity contribution >= 4 is 34.6 Å². The zero-order valence-corrected chi connectivity index (χ0v) is 14.5. The van der Waals surface area contributed by atoms with Crippen LogP contribution in [-0.2, 0) is 0 Å². The smallest absolute Gasteiger partial charge is 0.339 e. The molecule has 0 aliphatic heterocycles. The monoisotopic (exact) mass is 376 g/mol. The highest BCUT2D eigenvalue weighted by Crippen LogP contribution is 2.25. The third-order valence-electron chi connectivity index (χ3n) is 3.79.